The van der Waals surface area contributed by atoms with E-state index in [0.717, 1.165) is 18.4 Å². The Morgan fingerprint density at radius 2 is 1.58 bits per heavy atom. The molecule has 2 rings (SSSR count). The van der Waals surface area contributed by atoms with Crippen LogP contribution < -0.4 is 9.47 Å². The standard InChI is InChI=1S/C16H22O3/c1-16(2,3)11-8-12(18-4)14(13(9-11)19-5)15(17)10-6-7-10/h8-10H,6-7H2,1-5H3. The highest BCUT2D eigenvalue weighted by atomic mass is 16.5. The molecule has 0 N–H and O–H groups in total. The van der Waals surface area contributed by atoms with Crippen LogP contribution in [0.5, 0.6) is 11.5 Å². The number of methoxy groups -OCH3 is 2. The van der Waals surface area contributed by atoms with Gasteiger partial charge in [-0.3, -0.25) is 4.79 Å². The topological polar surface area (TPSA) is 35.5 Å². The van der Waals surface area contributed by atoms with Crippen molar-refractivity contribution < 1.29 is 14.3 Å². The van der Waals surface area contributed by atoms with Crippen LogP contribution in [0, 0.1) is 5.92 Å². The molecule has 3 nitrogen and oxygen atoms in total. The fraction of sp³-hybridized carbons (Fsp3) is 0.562. The number of Topliss-reactive ketones (excluding diaryl/α,β-unsaturated/α-hetero) is 1. The molecule has 1 aliphatic rings. The zero-order chi connectivity index (χ0) is 14.2. The van der Waals surface area contributed by atoms with Gasteiger partial charge in [-0.1, -0.05) is 20.8 Å². The fourth-order valence-corrected chi connectivity index (χ4v) is 2.14. The molecule has 104 valence electrons. The maximum absolute atomic E-state index is 12.4. The summed E-state index contributed by atoms with van der Waals surface area (Å²) in [4.78, 5) is 12.4. The Bertz CT molecular complexity index is 468. The maximum Gasteiger partial charge on any atom is 0.173 e. The van der Waals surface area contributed by atoms with E-state index in [1.807, 2.05) is 12.1 Å². The summed E-state index contributed by atoms with van der Waals surface area (Å²) in [5.41, 5.74) is 1.69. The Labute approximate surface area is 114 Å². The molecular weight excluding hydrogens is 240 g/mol. The van der Waals surface area contributed by atoms with Crippen molar-refractivity contribution in [3.05, 3.63) is 23.3 Å². The van der Waals surface area contributed by atoms with Gasteiger partial charge in [0.2, 0.25) is 0 Å². The highest BCUT2D eigenvalue weighted by Gasteiger charge is 2.35. The summed E-state index contributed by atoms with van der Waals surface area (Å²) >= 11 is 0. The second-order valence-corrected chi connectivity index (χ2v) is 6.14. The van der Waals surface area contributed by atoms with Crippen molar-refractivity contribution in [1.82, 2.24) is 0 Å². The van der Waals surface area contributed by atoms with E-state index in [1.54, 1.807) is 14.2 Å². The number of carbonyl (C=O) groups excluding carboxylic acids is 1. The second-order valence-electron chi connectivity index (χ2n) is 6.14. The second kappa shape index (κ2) is 4.87. The Balaban J connectivity index is 2.55. The number of benzene rings is 1. The smallest absolute Gasteiger partial charge is 0.173 e. The predicted octanol–water partition coefficient (Wildman–Crippen LogP) is 3.59. The van der Waals surface area contributed by atoms with Crippen molar-refractivity contribution in [2.24, 2.45) is 5.92 Å². The summed E-state index contributed by atoms with van der Waals surface area (Å²) in [7, 11) is 3.20. The highest BCUT2D eigenvalue weighted by molar-refractivity contribution is 6.04. The van der Waals surface area contributed by atoms with E-state index in [4.69, 9.17) is 9.47 Å². The van der Waals surface area contributed by atoms with Crippen LogP contribution in [0.15, 0.2) is 12.1 Å². The maximum atomic E-state index is 12.4. The SMILES string of the molecule is COc1cc(C(C)(C)C)cc(OC)c1C(=O)C1CC1. The van der Waals surface area contributed by atoms with E-state index in [9.17, 15) is 4.79 Å². The zero-order valence-corrected chi connectivity index (χ0v) is 12.4. The highest BCUT2D eigenvalue weighted by Crippen LogP contribution is 2.41. The lowest BCUT2D eigenvalue weighted by atomic mass is 9.85. The molecule has 1 aromatic carbocycles. The lowest BCUT2D eigenvalue weighted by Crippen LogP contribution is -2.14. The molecule has 19 heavy (non-hydrogen) atoms. The van der Waals surface area contributed by atoms with E-state index in [2.05, 4.69) is 20.8 Å². The Morgan fingerprint density at radius 1 is 1.11 bits per heavy atom. The first-order chi connectivity index (χ1) is 8.88. The predicted molar refractivity (Wildman–Crippen MR) is 75.3 cm³/mol. The van der Waals surface area contributed by atoms with Crippen molar-refractivity contribution in [3.63, 3.8) is 0 Å². The molecule has 1 aliphatic carbocycles. The van der Waals surface area contributed by atoms with Crippen molar-refractivity contribution in [1.29, 1.82) is 0 Å². The van der Waals surface area contributed by atoms with Crippen LogP contribution in [0.1, 0.15) is 49.5 Å². The molecule has 0 aromatic heterocycles. The van der Waals surface area contributed by atoms with E-state index < -0.39 is 0 Å². The zero-order valence-electron chi connectivity index (χ0n) is 12.4. The van der Waals surface area contributed by atoms with Crippen LogP contribution in [0.3, 0.4) is 0 Å². The molecule has 0 unspecified atom stereocenters. The van der Waals surface area contributed by atoms with Gasteiger partial charge < -0.3 is 9.47 Å². The molecule has 1 aromatic rings. The van der Waals surface area contributed by atoms with Crippen LogP contribution in [0.25, 0.3) is 0 Å². The third-order valence-corrected chi connectivity index (χ3v) is 3.57. The van der Waals surface area contributed by atoms with Gasteiger partial charge >= 0.3 is 0 Å². The average molecular weight is 262 g/mol. The Hall–Kier alpha value is -1.51. The number of ether oxygens (including phenoxy) is 2. The van der Waals surface area contributed by atoms with Crippen molar-refractivity contribution >= 4 is 5.78 Å². The van der Waals surface area contributed by atoms with E-state index in [1.165, 1.54) is 0 Å². The first-order valence-electron chi connectivity index (χ1n) is 6.69. The van der Waals surface area contributed by atoms with Crippen LogP contribution in [0.2, 0.25) is 0 Å². The number of carbonyl (C=O) groups is 1. The van der Waals surface area contributed by atoms with Crippen LogP contribution in [-0.4, -0.2) is 20.0 Å². The van der Waals surface area contributed by atoms with Gasteiger partial charge in [-0.15, -0.1) is 0 Å². The minimum Gasteiger partial charge on any atom is -0.496 e. The molecule has 0 amide bonds. The van der Waals surface area contributed by atoms with Gasteiger partial charge in [-0.2, -0.15) is 0 Å². The van der Waals surface area contributed by atoms with Crippen LogP contribution in [-0.2, 0) is 5.41 Å². The molecule has 0 radical (unpaired) electrons. The lowest BCUT2D eigenvalue weighted by molar-refractivity contribution is 0.0961. The largest absolute Gasteiger partial charge is 0.496 e. The number of hydrogen-bond donors (Lipinski definition) is 0. The van der Waals surface area contributed by atoms with Crippen molar-refractivity contribution in [2.75, 3.05) is 14.2 Å². The number of rotatable bonds is 4. The summed E-state index contributed by atoms with van der Waals surface area (Å²) in [6.45, 7) is 6.39. The molecular formula is C16H22O3. The monoisotopic (exact) mass is 262 g/mol. The minimum atomic E-state index is -0.0122. The molecule has 1 saturated carbocycles. The van der Waals surface area contributed by atoms with Crippen molar-refractivity contribution in [2.45, 2.75) is 39.0 Å². The molecule has 3 heteroatoms. The summed E-state index contributed by atoms with van der Waals surface area (Å²) in [6, 6.07) is 3.91. The minimum absolute atomic E-state index is 0.0122. The average Bonchev–Trinajstić information content (AvgIpc) is 3.19. The van der Waals surface area contributed by atoms with E-state index >= 15 is 0 Å². The summed E-state index contributed by atoms with van der Waals surface area (Å²) in [5.74, 6) is 1.56. The summed E-state index contributed by atoms with van der Waals surface area (Å²) < 4.78 is 10.8. The van der Waals surface area contributed by atoms with Gasteiger partial charge in [-0.25, -0.2) is 0 Å². The third-order valence-electron chi connectivity index (χ3n) is 3.57. The van der Waals surface area contributed by atoms with Gasteiger partial charge in [0.05, 0.1) is 14.2 Å². The van der Waals surface area contributed by atoms with Crippen LogP contribution in [0.4, 0.5) is 0 Å². The molecule has 1 fully saturated rings. The first-order valence-corrected chi connectivity index (χ1v) is 6.69. The number of hydrogen-bond acceptors (Lipinski definition) is 3. The number of ketones is 1. The van der Waals surface area contributed by atoms with Gasteiger partial charge in [0, 0.05) is 5.92 Å². The van der Waals surface area contributed by atoms with E-state index in [-0.39, 0.29) is 17.1 Å². The first kappa shape index (κ1) is 13.9. The molecule has 0 saturated heterocycles. The van der Waals surface area contributed by atoms with Gasteiger partial charge in [0.25, 0.3) is 0 Å². The molecule has 0 bridgehead atoms. The third kappa shape index (κ3) is 2.75. The summed E-state index contributed by atoms with van der Waals surface area (Å²) in [6.07, 6.45) is 1.96. The Morgan fingerprint density at radius 3 is 1.89 bits per heavy atom. The fourth-order valence-electron chi connectivity index (χ4n) is 2.14. The van der Waals surface area contributed by atoms with Gasteiger partial charge in [0.1, 0.15) is 17.1 Å². The Kier molecular flexibility index (Phi) is 3.57. The van der Waals surface area contributed by atoms with Gasteiger partial charge in [-0.05, 0) is 36.0 Å². The molecule has 0 spiro atoms. The lowest BCUT2D eigenvalue weighted by Gasteiger charge is -2.22. The quantitative estimate of drug-likeness (QED) is 0.778. The van der Waals surface area contributed by atoms with Gasteiger partial charge in [0.15, 0.2) is 5.78 Å². The van der Waals surface area contributed by atoms with Crippen molar-refractivity contribution in [3.8, 4) is 11.5 Å². The molecule has 0 aliphatic heterocycles. The normalized spacial score (nSPS) is 15.2. The van der Waals surface area contributed by atoms with E-state index in [0.29, 0.717) is 17.1 Å². The summed E-state index contributed by atoms with van der Waals surface area (Å²) in [5, 5.41) is 0. The molecule has 0 atom stereocenters. The van der Waals surface area contributed by atoms with Crippen LogP contribution >= 0.6 is 0 Å². The molecule has 0 heterocycles.